The van der Waals surface area contributed by atoms with E-state index >= 15 is 0 Å². The van der Waals surface area contributed by atoms with Crippen LogP contribution in [0.2, 0.25) is 0 Å². The minimum Gasteiger partial charge on any atom is -0.297 e. The van der Waals surface area contributed by atoms with Crippen molar-refractivity contribution in [3.05, 3.63) is 66.2 Å². The van der Waals surface area contributed by atoms with E-state index < -0.39 is 0 Å². The lowest BCUT2D eigenvalue weighted by molar-refractivity contribution is 0.714. The molecule has 0 saturated carbocycles. The maximum Gasteiger partial charge on any atom is 0.198 e. The summed E-state index contributed by atoms with van der Waals surface area (Å²) >= 11 is 2.86. The van der Waals surface area contributed by atoms with Gasteiger partial charge >= 0.3 is 0 Å². The quantitative estimate of drug-likeness (QED) is 0.536. The molecule has 0 aliphatic heterocycles. The van der Waals surface area contributed by atoms with E-state index in [1.165, 1.54) is 28.9 Å². The van der Waals surface area contributed by atoms with E-state index in [0.29, 0.717) is 6.54 Å². The van der Waals surface area contributed by atoms with Crippen LogP contribution in [0.15, 0.2) is 64.4 Å². The third-order valence-corrected chi connectivity index (χ3v) is 5.33. The summed E-state index contributed by atoms with van der Waals surface area (Å²) in [6.45, 7) is 2.56. The minimum atomic E-state index is 0.679. The monoisotopic (exact) mass is 366 g/mol. The normalized spacial score (nSPS) is 10.9. The zero-order chi connectivity index (χ0) is 17.1. The molecule has 0 atom stereocenters. The number of pyridine rings is 1. The Morgan fingerprint density at radius 3 is 2.68 bits per heavy atom. The van der Waals surface area contributed by atoms with Crippen molar-refractivity contribution in [1.29, 1.82) is 0 Å². The molecule has 6 nitrogen and oxygen atoms in total. The first kappa shape index (κ1) is 15.9. The Morgan fingerprint density at radius 2 is 1.96 bits per heavy atom. The zero-order valence-electron chi connectivity index (χ0n) is 13.4. The van der Waals surface area contributed by atoms with E-state index in [4.69, 9.17) is 0 Å². The fourth-order valence-electron chi connectivity index (χ4n) is 2.38. The molecule has 25 heavy (non-hydrogen) atoms. The predicted molar refractivity (Wildman–Crippen MR) is 97.6 cm³/mol. The van der Waals surface area contributed by atoms with Crippen molar-refractivity contribution in [2.75, 3.05) is 0 Å². The van der Waals surface area contributed by atoms with Gasteiger partial charge in [-0.3, -0.25) is 9.55 Å². The van der Waals surface area contributed by atoms with Crippen LogP contribution in [-0.2, 0) is 6.54 Å². The van der Waals surface area contributed by atoms with Gasteiger partial charge in [-0.25, -0.2) is 4.98 Å². The van der Waals surface area contributed by atoms with Crippen LogP contribution in [-0.4, -0.2) is 29.1 Å². The fourth-order valence-corrected chi connectivity index (χ4v) is 3.96. The average molecular weight is 366 g/mol. The number of hydrogen-bond acceptors (Lipinski definition) is 7. The molecule has 0 fully saturated rings. The van der Waals surface area contributed by atoms with Gasteiger partial charge in [0.15, 0.2) is 15.3 Å². The van der Waals surface area contributed by atoms with Gasteiger partial charge in [0, 0.05) is 18.0 Å². The Labute approximate surface area is 153 Å². The molecule has 3 aromatic heterocycles. The summed E-state index contributed by atoms with van der Waals surface area (Å²) in [6.07, 6.45) is 3.55. The van der Waals surface area contributed by atoms with E-state index in [1.807, 2.05) is 37.3 Å². The van der Waals surface area contributed by atoms with Crippen molar-refractivity contribution in [3.8, 4) is 11.4 Å². The van der Waals surface area contributed by atoms with E-state index in [1.54, 1.807) is 12.4 Å². The van der Waals surface area contributed by atoms with Gasteiger partial charge in [0.2, 0.25) is 0 Å². The van der Waals surface area contributed by atoms with E-state index in [2.05, 4.69) is 41.2 Å². The van der Waals surface area contributed by atoms with Crippen LogP contribution in [0.4, 0.5) is 0 Å². The lowest BCUT2D eigenvalue weighted by atomic mass is 10.2. The van der Waals surface area contributed by atoms with Crippen molar-refractivity contribution in [1.82, 2.24) is 29.1 Å². The van der Waals surface area contributed by atoms with Crippen LogP contribution in [0.1, 0.15) is 11.4 Å². The second-order valence-electron chi connectivity index (χ2n) is 5.33. The molecule has 4 aromatic rings. The predicted octanol–water partition coefficient (Wildman–Crippen LogP) is 3.70. The van der Waals surface area contributed by atoms with Crippen molar-refractivity contribution in [2.45, 2.75) is 23.0 Å². The second kappa shape index (κ2) is 7.12. The largest absolute Gasteiger partial charge is 0.297 e. The maximum atomic E-state index is 4.41. The number of aromatic nitrogens is 6. The highest BCUT2D eigenvalue weighted by Crippen LogP contribution is 2.31. The third-order valence-electron chi connectivity index (χ3n) is 3.51. The minimum absolute atomic E-state index is 0.679. The highest BCUT2D eigenvalue weighted by atomic mass is 32.2. The molecule has 0 spiro atoms. The van der Waals surface area contributed by atoms with Gasteiger partial charge in [-0.05, 0) is 47.9 Å². The lowest BCUT2D eigenvalue weighted by Crippen LogP contribution is -2.04. The van der Waals surface area contributed by atoms with Crippen molar-refractivity contribution < 1.29 is 0 Å². The van der Waals surface area contributed by atoms with Gasteiger partial charge in [-0.15, -0.1) is 10.2 Å². The Morgan fingerprint density at radius 1 is 1.08 bits per heavy atom. The van der Waals surface area contributed by atoms with E-state index in [9.17, 15) is 0 Å². The molecule has 0 unspecified atom stereocenters. The number of hydrogen-bond donors (Lipinski definition) is 0. The molecular weight excluding hydrogens is 352 g/mol. The first-order valence-corrected chi connectivity index (χ1v) is 9.24. The van der Waals surface area contributed by atoms with Crippen LogP contribution in [0, 0.1) is 6.92 Å². The van der Waals surface area contributed by atoms with Crippen molar-refractivity contribution >= 4 is 23.3 Å². The molecule has 1 aromatic carbocycles. The molecule has 0 bridgehead atoms. The van der Waals surface area contributed by atoms with Gasteiger partial charge in [0.25, 0.3) is 0 Å². The first-order chi connectivity index (χ1) is 12.3. The fraction of sp³-hybridized carbons (Fsp3) is 0.118. The molecule has 4 rings (SSSR count). The molecule has 0 radical (unpaired) electrons. The Bertz CT molecular complexity index is 965. The lowest BCUT2D eigenvalue weighted by Gasteiger charge is -2.09. The summed E-state index contributed by atoms with van der Waals surface area (Å²) in [5.74, 6) is 1.56. The van der Waals surface area contributed by atoms with Crippen LogP contribution in [0.25, 0.3) is 11.4 Å². The summed E-state index contributed by atoms with van der Waals surface area (Å²) in [7, 11) is 0. The number of rotatable bonds is 5. The standard InChI is InChI=1S/C17H14N6S2/c1-12-19-17(25-22-12)24-16-21-20-15(14-8-5-9-18-10-14)23(16)11-13-6-3-2-4-7-13/h2-10H,11H2,1H3. The van der Waals surface area contributed by atoms with Crippen LogP contribution in [0.3, 0.4) is 0 Å². The highest BCUT2D eigenvalue weighted by molar-refractivity contribution is 8.00. The molecule has 0 aliphatic carbocycles. The second-order valence-corrected chi connectivity index (χ2v) is 7.30. The van der Waals surface area contributed by atoms with Gasteiger partial charge in [-0.1, -0.05) is 30.3 Å². The maximum absolute atomic E-state index is 4.41. The molecular formula is C17H14N6S2. The molecule has 124 valence electrons. The number of nitrogens with zero attached hydrogens (tertiary/aromatic N) is 6. The van der Waals surface area contributed by atoms with E-state index in [0.717, 1.165) is 26.7 Å². The SMILES string of the molecule is Cc1nsc(Sc2nnc(-c3cccnc3)n2Cc2ccccc2)n1. The zero-order valence-corrected chi connectivity index (χ0v) is 15.0. The molecule has 0 N–H and O–H groups in total. The first-order valence-electron chi connectivity index (χ1n) is 7.65. The topological polar surface area (TPSA) is 69.4 Å². The summed E-state index contributed by atoms with van der Waals surface area (Å²) in [5, 5.41) is 9.56. The van der Waals surface area contributed by atoms with Crippen LogP contribution < -0.4 is 0 Å². The molecule has 8 heteroatoms. The Kier molecular flexibility index (Phi) is 4.53. The molecule has 3 heterocycles. The summed E-state index contributed by atoms with van der Waals surface area (Å²) < 4.78 is 7.18. The van der Waals surface area contributed by atoms with Gasteiger partial charge in [0.05, 0.1) is 6.54 Å². The highest BCUT2D eigenvalue weighted by Gasteiger charge is 2.17. The molecule has 0 amide bonds. The summed E-state index contributed by atoms with van der Waals surface area (Å²) in [6, 6.07) is 14.2. The molecule has 0 saturated heterocycles. The third kappa shape index (κ3) is 3.59. The van der Waals surface area contributed by atoms with Gasteiger partial charge in [0.1, 0.15) is 5.82 Å². The van der Waals surface area contributed by atoms with Crippen LogP contribution in [0.5, 0.6) is 0 Å². The van der Waals surface area contributed by atoms with Gasteiger partial charge < -0.3 is 0 Å². The van der Waals surface area contributed by atoms with Crippen molar-refractivity contribution in [2.24, 2.45) is 0 Å². The summed E-state index contributed by atoms with van der Waals surface area (Å²) in [4.78, 5) is 8.61. The van der Waals surface area contributed by atoms with Crippen molar-refractivity contribution in [3.63, 3.8) is 0 Å². The van der Waals surface area contributed by atoms with Gasteiger partial charge in [-0.2, -0.15) is 4.37 Å². The molecule has 0 aliphatic rings. The summed E-state index contributed by atoms with van der Waals surface area (Å²) in [5.41, 5.74) is 2.12. The van der Waals surface area contributed by atoms with E-state index in [-0.39, 0.29) is 0 Å². The number of aryl methyl sites for hydroxylation is 1. The van der Waals surface area contributed by atoms with Crippen LogP contribution >= 0.6 is 23.3 Å². The Hall–Kier alpha value is -2.58. The number of benzene rings is 1. The Balaban J connectivity index is 1.74. The average Bonchev–Trinajstić information content (AvgIpc) is 3.23. The smallest absolute Gasteiger partial charge is 0.198 e.